The highest BCUT2D eigenvalue weighted by molar-refractivity contribution is 8.00. The lowest BCUT2D eigenvalue weighted by Gasteiger charge is -2.15. The smallest absolute Gasteiger partial charge is 0.234 e. The highest BCUT2D eigenvalue weighted by atomic mass is 32.2. The van der Waals surface area contributed by atoms with Gasteiger partial charge in [-0.3, -0.25) is 4.79 Å². The summed E-state index contributed by atoms with van der Waals surface area (Å²) in [5.74, 6) is 1.06. The number of rotatable bonds is 8. The van der Waals surface area contributed by atoms with Gasteiger partial charge in [-0.05, 0) is 44.1 Å². The normalized spacial score (nSPS) is 11.2. The molecular formula is C23H28N4OS. The van der Waals surface area contributed by atoms with Crippen LogP contribution < -0.4 is 5.32 Å². The number of benzene rings is 2. The summed E-state index contributed by atoms with van der Waals surface area (Å²) in [6, 6.07) is 14.2. The first-order chi connectivity index (χ1) is 14.0. The van der Waals surface area contributed by atoms with Crippen LogP contribution in [0.25, 0.3) is 10.9 Å². The van der Waals surface area contributed by atoms with Crippen molar-refractivity contribution in [2.24, 2.45) is 0 Å². The quantitative estimate of drug-likeness (QED) is 0.438. The molecular weight excluding hydrogens is 380 g/mol. The summed E-state index contributed by atoms with van der Waals surface area (Å²) in [5, 5.41) is 4.97. The molecule has 0 fully saturated rings. The van der Waals surface area contributed by atoms with Crippen LogP contribution in [0.2, 0.25) is 0 Å². The Morgan fingerprint density at radius 1 is 1.00 bits per heavy atom. The Kier molecular flexibility index (Phi) is 7.23. The van der Waals surface area contributed by atoms with Gasteiger partial charge in [-0.2, -0.15) is 0 Å². The number of fused-ring (bicyclic) bond motifs is 1. The van der Waals surface area contributed by atoms with Crippen molar-refractivity contribution in [1.82, 2.24) is 14.9 Å². The van der Waals surface area contributed by atoms with Gasteiger partial charge in [0.2, 0.25) is 5.91 Å². The molecule has 1 amide bonds. The minimum Gasteiger partial charge on any atom is -0.325 e. The molecule has 0 aliphatic carbocycles. The number of amides is 1. The van der Waals surface area contributed by atoms with E-state index in [9.17, 15) is 4.79 Å². The molecule has 0 aliphatic rings. The van der Waals surface area contributed by atoms with Gasteiger partial charge < -0.3 is 10.2 Å². The van der Waals surface area contributed by atoms with Crippen molar-refractivity contribution in [1.29, 1.82) is 0 Å². The maximum atomic E-state index is 12.7. The molecule has 0 atom stereocenters. The number of nitrogens with one attached hydrogen (secondary N) is 1. The lowest BCUT2D eigenvalue weighted by molar-refractivity contribution is -0.113. The van der Waals surface area contributed by atoms with Crippen LogP contribution in [0.15, 0.2) is 47.5 Å². The lowest BCUT2D eigenvalue weighted by atomic mass is 10.0. The summed E-state index contributed by atoms with van der Waals surface area (Å²) < 4.78 is 0. The van der Waals surface area contributed by atoms with E-state index in [1.54, 1.807) is 0 Å². The maximum Gasteiger partial charge on any atom is 0.234 e. The number of hydrogen-bond acceptors (Lipinski definition) is 5. The predicted molar refractivity (Wildman–Crippen MR) is 121 cm³/mol. The molecule has 0 aliphatic heterocycles. The number of para-hydroxylation sites is 2. The summed E-state index contributed by atoms with van der Waals surface area (Å²) in [6.07, 6.45) is 1.78. The molecule has 5 nitrogen and oxygen atoms in total. The van der Waals surface area contributed by atoms with Crippen molar-refractivity contribution >= 4 is 34.3 Å². The second kappa shape index (κ2) is 9.85. The van der Waals surface area contributed by atoms with E-state index in [1.165, 1.54) is 22.9 Å². The van der Waals surface area contributed by atoms with Gasteiger partial charge >= 0.3 is 0 Å². The second-order valence-corrected chi connectivity index (χ2v) is 8.16. The number of thioether (sulfide) groups is 1. The first-order valence-corrected chi connectivity index (χ1v) is 10.9. The molecule has 0 spiro atoms. The predicted octanol–water partition coefficient (Wildman–Crippen LogP) is 4.55. The maximum absolute atomic E-state index is 12.7. The molecule has 1 aromatic heterocycles. The van der Waals surface area contributed by atoms with Crippen LogP contribution in [-0.2, 0) is 24.2 Å². The molecule has 2 aromatic carbocycles. The summed E-state index contributed by atoms with van der Waals surface area (Å²) in [6.45, 7) is 4.88. The number of aryl methyl sites for hydroxylation is 2. The van der Waals surface area contributed by atoms with Crippen LogP contribution in [-0.4, -0.2) is 40.6 Å². The van der Waals surface area contributed by atoms with Crippen molar-refractivity contribution in [3.63, 3.8) is 0 Å². The third-order valence-corrected chi connectivity index (χ3v) is 5.67. The zero-order valence-corrected chi connectivity index (χ0v) is 18.3. The van der Waals surface area contributed by atoms with E-state index in [2.05, 4.69) is 42.3 Å². The minimum absolute atomic E-state index is 0.0116. The number of anilines is 1. The Labute approximate surface area is 176 Å². The highest BCUT2D eigenvalue weighted by Crippen LogP contribution is 2.27. The highest BCUT2D eigenvalue weighted by Gasteiger charge is 2.13. The Morgan fingerprint density at radius 2 is 1.69 bits per heavy atom. The zero-order valence-electron chi connectivity index (χ0n) is 17.5. The largest absolute Gasteiger partial charge is 0.325 e. The fraction of sp³-hybridized carbons (Fsp3) is 0.348. The van der Waals surface area contributed by atoms with Crippen LogP contribution in [0, 0.1) is 0 Å². The molecule has 0 radical (unpaired) electrons. The van der Waals surface area contributed by atoms with Crippen molar-refractivity contribution in [2.45, 2.75) is 38.3 Å². The van der Waals surface area contributed by atoms with Crippen molar-refractivity contribution < 1.29 is 4.79 Å². The topological polar surface area (TPSA) is 58.1 Å². The number of carbonyl (C=O) groups is 1. The van der Waals surface area contributed by atoms with Crippen LogP contribution in [0.3, 0.4) is 0 Å². The molecule has 29 heavy (non-hydrogen) atoms. The van der Waals surface area contributed by atoms with Gasteiger partial charge in [0.25, 0.3) is 0 Å². The Hall–Kier alpha value is -2.44. The van der Waals surface area contributed by atoms with E-state index in [-0.39, 0.29) is 5.91 Å². The van der Waals surface area contributed by atoms with Crippen molar-refractivity contribution in [3.8, 4) is 0 Å². The fourth-order valence-electron chi connectivity index (χ4n) is 3.27. The summed E-state index contributed by atoms with van der Waals surface area (Å²) in [7, 11) is 3.99. The van der Waals surface area contributed by atoms with E-state index in [1.807, 2.05) is 43.3 Å². The first-order valence-electron chi connectivity index (χ1n) is 9.95. The molecule has 0 bridgehead atoms. The Balaban J connectivity index is 1.79. The Bertz CT molecular complexity index is 981. The van der Waals surface area contributed by atoms with E-state index in [0.29, 0.717) is 12.3 Å². The molecule has 0 saturated carbocycles. The average Bonchev–Trinajstić information content (AvgIpc) is 2.71. The SMILES string of the molecule is CCc1cccc(CC)c1NC(=O)CSc1nc(CN(C)C)nc2ccccc12. The molecule has 3 aromatic rings. The van der Waals surface area contributed by atoms with Gasteiger partial charge in [-0.1, -0.05) is 62.0 Å². The summed E-state index contributed by atoms with van der Waals surface area (Å²) >= 11 is 1.46. The van der Waals surface area contributed by atoms with Gasteiger partial charge in [0.05, 0.1) is 17.8 Å². The van der Waals surface area contributed by atoms with Gasteiger partial charge in [0.15, 0.2) is 0 Å². The summed E-state index contributed by atoms with van der Waals surface area (Å²) in [4.78, 5) is 24.1. The molecule has 1 N–H and O–H groups in total. The molecule has 0 saturated heterocycles. The lowest BCUT2D eigenvalue weighted by Crippen LogP contribution is -2.17. The zero-order chi connectivity index (χ0) is 20.8. The standard InChI is InChI=1S/C23H28N4OS/c1-5-16-10-9-11-17(6-2)22(16)26-21(28)15-29-23-18-12-7-8-13-19(18)24-20(25-23)14-27(3)4/h7-13H,5-6,14-15H2,1-4H3,(H,26,28). The molecule has 0 unspecified atom stereocenters. The Morgan fingerprint density at radius 3 is 2.34 bits per heavy atom. The number of nitrogens with zero attached hydrogens (tertiary/aromatic N) is 3. The molecule has 6 heteroatoms. The average molecular weight is 409 g/mol. The summed E-state index contributed by atoms with van der Waals surface area (Å²) in [5.41, 5.74) is 4.21. The van der Waals surface area contributed by atoms with Crippen LogP contribution in [0.5, 0.6) is 0 Å². The third-order valence-electron chi connectivity index (χ3n) is 4.68. The van der Waals surface area contributed by atoms with Crippen molar-refractivity contribution in [3.05, 3.63) is 59.4 Å². The third kappa shape index (κ3) is 5.34. The van der Waals surface area contributed by atoms with E-state index in [4.69, 9.17) is 4.98 Å². The molecule has 152 valence electrons. The van der Waals surface area contributed by atoms with Crippen LogP contribution in [0.4, 0.5) is 5.69 Å². The number of hydrogen-bond donors (Lipinski definition) is 1. The number of carbonyl (C=O) groups excluding carboxylic acids is 1. The minimum atomic E-state index is -0.0116. The second-order valence-electron chi connectivity index (χ2n) is 7.20. The number of aromatic nitrogens is 2. The van der Waals surface area contributed by atoms with Gasteiger partial charge in [-0.25, -0.2) is 9.97 Å². The van der Waals surface area contributed by atoms with Crippen LogP contribution in [0.1, 0.15) is 30.8 Å². The monoisotopic (exact) mass is 408 g/mol. The molecule has 1 heterocycles. The van der Waals surface area contributed by atoms with Gasteiger partial charge in [0.1, 0.15) is 10.9 Å². The van der Waals surface area contributed by atoms with E-state index in [0.717, 1.165) is 40.3 Å². The van der Waals surface area contributed by atoms with Crippen LogP contribution >= 0.6 is 11.8 Å². The van der Waals surface area contributed by atoms with Gasteiger partial charge in [0, 0.05) is 11.1 Å². The first kappa shape index (κ1) is 21.3. The van der Waals surface area contributed by atoms with E-state index >= 15 is 0 Å². The molecule has 3 rings (SSSR count). The van der Waals surface area contributed by atoms with E-state index < -0.39 is 0 Å². The van der Waals surface area contributed by atoms with Crippen molar-refractivity contribution in [2.75, 3.05) is 25.2 Å². The van der Waals surface area contributed by atoms with Gasteiger partial charge in [-0.15, -0.1) is 0 Å². The fourth-order valence-corrected chi connectivity index (χ4v) is 4.11.